The molecule has 8 heteroatoms. The molecule has 0 spiro atoms. The summed E-state index contributed by atoms with van der Waals surface area (Å²) in [5, 5.41) is 17.1. The van der Waals surface area contributed by atoms with Gasteiger partial charge in [-0.2, -0.15) is 9.61 Å². The van der Waals surface area contributed by atoms with E-state index in [1.807, 2.05) is 54.3 Å². The quantitative estimate of drug-likeness (QED) is 0.460. The van der Waals surface area contributed by atoms with Gasteiger partial charge in [0, 0.05) is 25.0 Å². The molecule has 2 aromatic carbocycles. The zero-order valence-electron chi connectivity index (χ0n) is 18.8. The Morgan fingerprint density at radius 1 is 0.971 bits per heavy atom. The topological polar surface area (TPSA) is 99.8 Å². The first-order valence-corrected chi connectivity index (χ1v) is 11.3. The number of aromatic nitrogens is 3. The second-order valence-electron chi connectivity index (χ2n) is 8.54. The highest BCUT2D eigenvalue weighted by Crippen LogP contribution is 2.30. The Morgan fingerprint density at radius 3 is 2.38 bits per heavy atom. The SMILES string of the molecule is Cc1ccccc1Nc1c(C(=O)N2CCC(c3ccccc3)CC2)cnc2c(C(=O)O)cnn12. The van der Waals surface area contributed by atoms with Gasteiger partial charge in [-0.1, -0.05) is 48.5 Å². The van der Waals surface area contributed by atoms with Gasteiger partial charge in [-0.15, -0.1) is 0 Å². The van der Waals surface area contributed by atoms with Gasteiger partial charge in [0.1, 0.15) is 16.9 Å². The minimum atomic E-state index is -1.12. The number of carboxylic acid groups (broad SMARTS) is 1. The number of likely N-dealkylation sites (tertiary alicyclic amines) is 1. The van der Waals surface area contributed by atoms with Crippen LogP contribution in [0.25, 0.3) is 5.65 Å². The van der Waals surface area contributed by atoms with Crippen molar-refractivity contribution >= 4 is 29.0 Å². The van der Waals surface area contributed by atoms with Gasteiger partial charge in [0.25, 0.3) is 5.91 Å². The van der Waals surface area contributed by atoms with E-state index in [4.69, 9.17) is 0 Å². The van der Waals surface area contributed by atoms with E-state index < -0.39 is 5.97 Å². The maximum Gasteiger partial charge on any atom is 0.341 e. The first-order chi connectivity index (χ1) is 16.5. The summed E-state index contributed by atoms with van der Waals surface area (Å²) in [7, 11) is 0. The fourth-order valence-corrected chi connectivity index (χ4v) is 4.51. The van der Waals surface area contributed by atoms with Crippen molar-refractivity contribution in [2.45, 2.75) is 25.7 Å². The van der Waals surface area contributed by atoms with Gasteiger partial charge in [0.2, 0.25) is 0 Å². The van der Waals surface area contributed by atoms with Gasteiger partial charge >= 0.3 is 5.97 Å². The average Bonchev–Trinajstić information content (AvgIpc) is 3.31. The van der Waals surface area contributed by atoms with Crippen LogP contribution in [0.4, 0.5) is 11.5 Å². The Labute approximate surface area is 196 Å². The lowest BCUT2D eigenvalue weighted by atomic mass is 9.89. The fourth-order valence-electron chi connectivity index (χ4n) is 4.51. The molecular weight excluding hydrogens is 430 g/mol. The van der Waals surface area contributed by atoms with Crippen LogP contribution in [0.3, 0.4) is 0 Å². The Balaban J connectivity index is 1.48. The predicted octanol–water partition coefficient (Wildman–Crippen LogP) is 4.50. The normalized spacial score (nSPS) is 14.3. The molecule has 1 saturated heterocycles. The molecule has 1 amide bonds. The molecule has 34 heavy (non-hydrogen) atoms. The lowest BCUT2D eigenvalue weighted by Gasteiger charge is -2.32. The molecule has 0 bridgehead atoms. The van der Waals surface area contributed by atoms with Crippen LogP contribution in [-0.4, -0.2) is 49.6 Å². The first kappa shape index (κ1) is 21.6. The summed E-state index contributed by atoms with van der Waals surface area (Å²) < 4.78 is 1.40. The monoisotopic (exact) mass is 455 g/mol. The lowest BCUT2D eigenvalue weighted by Crippen LogP contribution is -2.38. The summed E-state index contributed by atoms with van der Waals surface area (Å²) >= 11 is 0. The van der Waals surface area contributed by atoms with Gasteiger partial charge in [-0.3, -0.25) is 4.79 Å². The molecule has 2 aromatic heterocycles. The number of piperidine rings is 1. The number of nitrogens with one attached hydrogen (secondary N) is 1. The summed E-state index contributed by atoms with van der Waals surface area (Å²) in [6.07, 6.45) is 4.48. The molecular formula is C26H25N5O3. The van der Waals surface area contributed by atoms with Crippen molar-refractivity contribution in [1.82, 2.24) is 19.5 Å². The smallest absolute Gasteiger partial charge is 0.341 e. The fraction of sp³-hybridized carbons (Fsp3) is 0.231. The van der Waals surface area contributed by atoms with Gasteiger partial charge < -0.3 is 15.3 Å². The molecule has 4 aromatic rings. The maximum atomic E-state index is 13.6. The number of aromatic carboxylic acids is 1. The Bertz CT molecular complexity index is 1360. The summed E-state index contributed by atoms with van der Waals surface area (Å²) in [4.78, 5) is 31.4. The van der Waals surface area contributed by atoms with Gasteiger partial charge in [-0.25, -0.2) is 9.78 Å². The highest BCUT2D eigenvalue weighted by atomic mass is 16.4. The van der Waals surface area contributed by atoms with Crippen molar-refractivity contribution in [2.75, 3.05) is 18.4 Å². The Kier molecular flexibility index (Phi) is 5.71. The molecule has 1 aliphatic heterocycles. The zero-order valence-corrected chi connectivity index (χ0v) is 18.8. The molecule has 8 nitrogen and oxygen atoms in total. The number of hydrogen-bond acceptors (Lipinski definition) is 5. The largest absolute Gasteiger partial charge is 0.477 e. The van der Waals surface area contributed by atoms with Crippen LogP contribution in [0.2, 0.25) is 0 Å². The maximum absolute atomic E-state index is 13.6. The van der Waals surface area contributed by atoms with E-state index in [0.29, 0.717) is 30.4 Å². The van der Waals surface area contributed by atoms with Crippen LogP contribution in [0.1, 0.15) is 50.6 Å². The number of fused-ring (bicyclic) bond motifs is 1. The van der Waals surface area contributed by atoms with E-state index in [1.165, 1.54) is 22.5 Å². The van der Waals surface area contributed by atoms with Crippen molar-refractivity contribution < 1.29 is 14.7 Å². The molecule has 172 valence electrons. The number of rotatable bonds is 5. The van der Waals surface area contributed by atoms with E-state index in [9.17, 15) is 14.7 Å². The van der Waals surface area contributed by atoms with Crippen LogP contribution < -0.4 is 5.32 Å². The molecule has 5 rings (SSSR count). The predicted molar refractivity (Wildman–Crippen MR) is 129 cm³/mol. The number of carboxylic acids is 1. The van der Waals surface area contributed by atoms with Gasteiger partial charge in [0.05, 0.1) is 6.20 Å². The first-order valence-electron chi connectivity index (χ1n) is 11.3. The third-order valence-electron chi connectivity index (χ3n) is 6.44. The molecule has 1 aliphatic rings. The van der Waals surface area contributed by atoms with Crippen molar-refractivity contribution in [3.05, 3.63) is 89.2 Å². The number of hydrogen-bond donors (Lipinski definition) is 2. The summed E-state index contributed by atoms with van der Waals surface area (Å²) in [6, 6.07) is 18.1. The summed E-state index contributed by atoms with van der Waals surface area (Å²) in [5.41, 5.74) is 3.61. The van der Waals surface area contributed by atoms with E-state index in [1.54, 1.807) is 0 Å². The minimum absolute atomic E-state index is 0.0180. The van der Waals surface area contributed by atoms with E-state index >= 15 is 0 Å². The van der Waals surface area contributed by atoms with E-state index in [2.05, 4.69) is 27.5 Å². The number of carbonyl (C=O) groups excluding carboxylic acids is 1. The molecule has 3 heterocycles. The summed E-state index contributed by atoms with van der Waals surface area (Å²) in [6.45, 7) is 3.24. The standard InChI is InChI=1S/C26H25N5O3/c1-17-7-5-6-10-22(17)29-24-20(15-27-23-21(26(33)34)16-28-31(23)24)25(32)30-13-11-19(12-14-30)18-8-3-2-4-9-18/h2-10,15-16,19,29H,11-14H2,1H3,(H,33,34). The second-order valence-corrected chi connectivity index (χ2v) is 8.54. The Morgan fingerprint density at radius 2 is 1.68 bits per heavy atom. The number of aryl methyl sites for hydroxylation is 1. The van der Waals surface area contributed by atoms with Crippen molar-refractivity contribution in [3.63, 3.8) is 0 Å². The number of nitrogens with zero attached hydrogens (tertiary/aromatic N) is 4. The van der Waals surface area contributed by atoms with Crippen LogP contribution in [-0.2, 0) is 0 Å². The summed E-state index contributed by atoms with van der Waals surface area (Å²) in [5.74, 6) is -0.433. The number of para-hydroxylation sites is 1. The van der Waals surface area contributed by atoms with Crippen LogP contribution >= 0.6 is 0 Å². The number of carbonyl (C=O) groups is 2. The highest BCUT2D eigenvalue weighted by molar-refractivity contribution is 6.01. The second kappa shape index (κ2) is 8.97. The average molecular weight is 456 g/mol. The molecule has 0 aliphatic carbocycles. The third-order valence-corrected chi connectivity index (χ3v) is 6.44. The number of anilines is 2. The molecule has 1 fully saturated rings. The molecule has 0 radical (unpaired) electrons. The van der Waals surface area contributed by atoms with Crippen molar-refractivity contribution in [2.24, 2.45) is 0 Å². The van der Waals surface area contributed by atoms with Crippen LogP contribution in [0.15, 0.2) is 67.0 Å². The van der Waals surface area contributed by atoms with Crippen molar-refractivity contribution in [3.8, 4) is 0 Å². The molecule has 0 saturated carbocycles. The highest BCUT2D eigenvalue weighted by Gasteiger charge is 2.28. The van der Waals surface area contributed by atoms with Gasteiger partial charge in [-0.05, 0) is 42.9 Å². The van der Waals surface area contributed by atoms with Gasteiger partial charge in [0.15, 0.2) is 5.65 Å². The lowest BCUT2D eigenvalue weighted by molar-refractivity contribution is 0.0695. The number of amides is 1. The molecule has 0 atom stereocenters. The van der Waals surface area contributed by atoms with Crippen LogP contribution in [0.5, 0.6) is 0 Å². The van der Waals surface area contributed by atoms with E-state index in [0.717, 1.165) is 24.1 Å². The minimum Gasteiger partial charge on any atom is -0.477 e. The Hall–Kier alpha value is -4.20. The van der Waals surface area contributed by atoms with Crippen LogP contribution in [0, 0.1) is 6.92 Å². The molecule has 2 N–H and O–H groups in total. The molecule has 0 unspecified atom stereocenters. The third kappa shape index (κ3) is 3.98. The zero-order chi connectivity index (χ0) is 23.7. The van der Waals surface area contributed by atoms with E-state index in [-0.39, 0.29) is 17.1 Å². The number of benzene rings is 2. The van der Waals surface area contributed by atoms with Crippen molar-refractivity contribution in [1.29, 1.82) is 0 Å².